The van der Waals surface area contributed by atoms with Gasteiger partial charge in [0.15, 0.2) is 0 Å². The van der Waals surface area contributed by atoms with Crippen LogP contribution in [-0.2, 0) is 11.3 Å². The van der Waals surface area contributed by atoms with Gasteiger partial charge in [0.05, 0.1) is 42.9 Å². The number of pyridine rings is 1. The summed E-state index contributed by atoms with van der Waals surface area (Å²) < 4.78 is 7.25. The molecule has 0 unspecified atom stereocenters. The SMILES string of the molecule is Cc1nn(Cc2ccccc2)c(C)c1C(=O)Nc1ccc(N2CCOCC2)nc1. The van der Waals surface area contributed by atoms with Crippen LogP contribution in [-0.4, -0.2) is 47.0 Å². The molecule has 1 aromatic carbocycles. The van der Waals surface area contributed by atoms with Crippen LogP contribution in [0.15, 0.2) is 48.7 Å². The summed E-state index contributed by atoms with van der Waals surface area (Å²) in [6, 6.07) is 13.9. The summed E-state index contributed by atoms with van der Waals surface area (Å²) in [6.07, 6.45) is 1.70. The Balaban J connectivity index is 1.47. The van der Waals surface area contributed by atoms with E-state index < -0.39 is 0 Å². The number of nitrogens with one attached hydrogen (secondary N) is 1. The number of aromatic nitrogens is 3. The van der Waals surface area contributed by atoms with E-state index in [4.69, 9.17) is 4.74 Å². The molecule has 1 N–H and O–H groups in total. The summed E-state index contributed by atoms with van der Waals surface area (Å²) >= 11 is 0. The molecule has 2 aromatic heterocycles. The molecule has 1 saturated heterocycles. The standard InChI is InChI=1S/C22H25N5O2/c1-16-21(17(2)27(25-16)15-18-6-4-3-5-7-18)22(28)24-19-8-9-20(23-14-19)26-10-12-29-13-11-26/h3-9,14H,10-13,15H2,1-2H3,(H,24,28). The van der Waals surface area contributed by atoms with Crippen molar-refractivity contribution < 1.29 is 9.53 Å². The van der Waals surface area contributed by atoms with Crippen LogP contribution in [0.5, 0.6) is 0 Å². The third-order valence-electron chi connectivity index (χ3n) is 5.12. The highest BCUT2D eigenvalue weighted by Gasteiger charge is 2.19. The van der Waals surface area contributed by atoms with Gasteiger partial charge in [-0.1, -0.05) is 30.3 Å². The van der Waals surface area contributed by atoms with Crippen molar-refractivity contribution in [2.45, 2.75) is 20.4 Å². The molecule has 29 heavy (non-hydrogen) atoms. The zero-order valence-corrected chi connectivity index (χ0v) is 16.8. The van der Waals surface area contributed by atoms with E-state index in [1.165, 1.54) is 0 Å². The lowest BCUT2D eigenvalue weighted by molar-refractivity contribution is 0.102. The van der Waals surface area contributed by atoms with Crippen LogP contribution in [0.1, 0.15) is 27.3 Å². The zero-order chi connectivity index (χ0) is 20.2. The first-order valence-electron chi connectivity index (χ1n) is 9.80. The Labute approximate surface area is 170 Å². The molecule has 7 heteroatoms. The predicted octanol–water partition coefficient (Wildman–Crippen LogP) is 3.03. The van der Waals surface area contributed by atoms with Gasteiger partial charge in [0.25, 0.3) is 5.91 Å². The fourth-order valence-corrected chi connectivity index (χ4v) is 3.57. The van der Waals surface area contributed by atoms with Crippen LogP contribution >= 0.6 is 0 Å². The molecule has 4 rings (SSSR count). The number of carbonyl (C=O) groups excluding carboxylic acids is 1. The number of nitrogens with zero attached hydrogens (tertiary/aromatic N) is 4. The van der Waals surface area contributed by atoms with Crippen molar-refractivity contribution in [1.82, 2.24) is 14.8 Å². The molecule has 3 heterocycles. The van der Waals surface area contributed by atoms with Gasteiger partial charge in [-0.2, -0.15) is 5.10 Å². The normalized spacial score (nSPS) is 14.1. The molecule has 0 spiro atoms. The summed E-state index contributed by atoms with van der Waals surface area (Å²) in [7, 11) is 0. The minimum absolute atomic E-state index is 0.166. The van der Waals surface area contributed by atoms with E-state index in [1.807, 2.05) is 48.9 Å². The Kier molecular flexibility index (Phi) is 5.57. The first-order chi connectivity index (χ1) is 14.1. The fourth-order valence-electron chi connectivity index (χ4n) is 3.57. The van der Waals surface area contributed by atoms with Crippen molar-refractivity contribution in [2.75, 3.05) is 36.5 Å². The molecule has 1 aliphatic rings. The Morgan fingerprint density at radius 3 is 2.55 bits per heavy atom. The number of morpholine rings is 1. The van der Waals surface area contributed by atoms with Crippen molar-refractivity contribution >= 4 is 17.4 Å². The number of amides is 1. The Morgan fingerprint density at radius 1 is 1.10 bits per heavy atom. The largest absolute Gasteiger partial charge is 0.378 e. The molecule has 0 saturated carbocycles. The van der Waals surface area contributed by atoms with E-state index in [0.29, 0.717) is 36.7 Å². The van der Waals surface area contributed by atoms with Crippen LogP contribution in [0.25, 0.3) is 0 Å². The van der Waals surface area contributed by atoms with Gasteiger partial charge in [-0.05, 0) is 31.5 Å². The Morgan fingerprint density at radius 2 is 1.86 bits per heavy atom. The first kappa shape index (κ1) is 19.1. The molecule has 7 nitrogen and oxygen atoms in total. The smallest absolute Gasteiger partial charge is 0.259 e. The van der Waals surface area contributed by atoms with Crippen LogP contribution in [0.4, 0.5) is 11.5 Å². The van der Waals surface area contributed by atoms with Gasteiger partial charge >= 0.3 is 0 Å². The lowest BCUT2D eigenvalue weighted by atomic mass is 10.1. The maximum absolute atomic E-state index is 12.9. The molecule has 0 aliphatic carbocycles. The first-order valence-corrected chi connectivity index (χ1v) is 9.80. The van der Waals surface area contributed by atoms with Crippen LogP contribution in [0.3, 0.4) is 0 Å². The second-order valence-electron chi connectivity index (χ2n) is 7.15. The maximum atomic E-state index is 12.9. The second kappa shape index (κ2) is 8.45. The van der Waals surface area contributed by atoms with Crippen molar-refractivity contribution in [3.63, 3.8) is 0 Å². The second-order valence-corrected chi connectivity index (χ2v) is 7.15. The summed E-state index contributed by atoms with van der Waals surface area (Å²) in [6.45, 7) is 7.52. The molecule has 3 aromatic rings. The summed E-state index contributed by atoms with van der Waals surface area (Å²) in [5.41, 5.74) is 3.99. The average Bonchev–Trinajstić information content (AvgIpc) is 3.03. The summed E-state index contributed by atoms with van der Waals surface area (Å²) in [5.74, 6) is 0.731. The molecule has 0 radical (unpaired) electrons. The van der Waals surface area contributed by atoms with Crippen molar-refractivity contribution in [3.8, 4) is 0 Å². The molecule has 150 valence electrons. The highest BCUT2D eigenvalue weighted by Crippen LogP contribution is 2.19. The van der Waals surface area contributed by atoms with Gasteiger partial charge in [0.1, 0.15) is 5.82 Å². The number of anilines is 2. The lowest BCUT2D eigenvalue weighted by Crippen LogP contribution is -2.36. The number of hydrogen-bond acceptors (Lipinski definition) is 5. The van der Waals surface area contributed by atoms with E-state index in [2.05, 4.69) is 32.4 Å². The molecular formula is C22H25N5O2. The fraction of sp³-hybridized carbons (Fsp3) is 0.318. The zero-order valence-electron chi connectivity index (χ0n) is 16.8. The summed E-state index contributed by atoms with van der Waals surface area (Å²) in [5, 5.41) is 7.51. The van der Waals surface area contributed by atoms with Gasteiger partial charge < -0.3 is 15.0 Å². The number of ether oxygens (including phenoxy) is 1. The lowest BCUT2D eigenvalue weighted by Gasteiger charge is -2.27. The number of rotatable bonds is 5. The molecule has 0 atom stereocenters. The summed E-state index contributed by atoms with van der Waals surface area (Å²) in [4.78, 5) is 19.6. The third-order valence-corrected chi connectivity index (χ3v) is 5.12. The van der Waals surface area contributed by atoms with E-state index in [0.717, 1.165) is 30.2 Å². The van der Waals surface area contributed by atoms with Crippen molar-refractivity contribution in [1.29, 1.82) is 0 Å². The van der Waals surface area contributed by atoms with Gasteiger partial charge in [-0.3, -0.25) is 9.48 Å². The minimum Gasteiger partial charge on any atom is -0.378 e. The molecule has 0 bridgehead atoms. The molecule has 1 aliphatic heterocycles. The molecule has 1 amide bonds. The topological polar surface area (TPSA) is 72.3 Å². The van der Waals surface area contributed by atoms with Crippen LogP contribution in [0.2, 0.25) is 0 Å². The Hall–Kier alpha value is -3.19. The van der Waals surface area contributed by atoms with E-state index >= 15 is 0 Å². The van der Waals surface area contributed by atoms with E-state index in [1.54, 1.807) is 6.20 Å². The predicted molar refractivity (Wildman–Crippen MR) is 112 cm³/mol. The quantitative estimate of drug-likeness (QED) is 0.724. The molecule has 1 fully saturated rings. The van der Waals surface area contributed by atoms with Crippen molar-refractivity contribution in [3.05, 3.63) is 71.2 Å². The third kappa shape index (κ3) is 4.30. The van der Waals surface area contributed by atoms with E-state index in [9.17, 15) is 4.79 Å². The van der Waals surface area contributed by atoms with Gasteiger partial charge in [-0.15, -0.1) is 0 Å². The van der Waals surface area contributed by atoms with E-state index in [-0.39, 0.29) is 5.91 Å². The minimum atomic E-state index is -0.166. The van der Waals surface area contributed by atoms with Gasteiger partial charge in [-0.25, -0.2) is 4.98 Å². The van der Waals surface area contributed by atoms with Crippen LogP contribution < -0.4 is 10.2 Å². The van der Waals surface area contributed by atoms with Gasteiger partial charge in [0.2, 0.25) is 0 Å². The average molecular weight is 391 g/mol. The number of aryl methyl sites for hydroxylation is 1. The number of hydrogen-bond donors (Lipinski definition) is 1. The monoisotopic (exact) mass is 391 g/mol. The van der Waals surface area contributed by atoms with Crippen LogP contribution in [0, 0.1) is 13.8 Å². The highest BCUT2D eigenvalue weighted by atomic mass is 16.5. The van der Waals surface area contributed by atoms with Crippen molar-refractivity contribution in [2.24, 2.45) is 0 Å². The maximum Gasteiger partial charge on any atom is 0.259 e. The highest BCUT2D eigenvalue weighted by molar-refractivity contribution is 6.05. The Bertz CT molecular complexity index is 976. The number of benzene rings is 1. The number of carbonyl (C=O) groups is 1. The molecular weight excluding hydrogens is 366 g/mol. The van der Waals surface area contributed by atoms with Gasteiger partial charge in [0, 0.05) is 18.8 Å².